The van der Waals surface area contributed by atoms with Crippen LogP contribution in [0.1, 0.15) is 19.4 Å². The Hall–Kier alpha value is -3.82. The lowest BCUT2D eigenvalue weighted by Gasteiger charge is -2.43. The van der Waals surface area contributed by atoms with Crippen molar-refractivity contribution in [1.82, 2.24) is 5.01 Å². The average Bonchev–Trinajstić information content (AvgIpc) is 3.45. The maximum atomic E-state index is 13.2. The number of carbonyl (C=O) groups excluding carboxylic acids is 2. The number of halogens is 1. The van der Waals surface area contributed by atoms with Crippen LogP contribution in [0, 0.1) is 0 Å². The van der Waals surface area contributed by atoms with Crippen LogP contribution in [-0.4, -0.2) is 39.5 Å². The van der Waals surface area contributed by atoms with Crippen molar-refractivity contribution in [2.24, 2.45) is 10.2 Å². The van der Waals surface area contributed by atoms with E-state index in [0.717, 1.165) is 23.0 Å². The topological polar surface area (TPSA) is 77.8 Å². The lowest BCUT2D eigenvalue weighted by Crippen LogP contribution is -2.63. The molecule has 0 saturated heterocycles. The van der Waals surface area contributed by atoms with Crippen molar-refractivity contribution in [2.75, 3.05) is 16.5 Å². The van der Waals surface area contributed by atoms with Crippen LogP contribution in [-0.2, 0) is 14.3 Å². The Kier molecular flexibility index (Phi) is 6.42. The van der Waals surface area contributed by atoms with E-state index in [1.54, 1.807) is 36.2 Å². The van der Waals surface area contributed by atoms with Gasteiger partial charge in [-0.25, -0.2) is 9.80 Å². The number of esters is 1. The monoisotopic (exact) mass is 519 g/mol. The van der Waals surface area contributed by atoms with Gasteiger partial charge < -0.3 is 4.74 Å². The summed E-state index contributed by atoms with van der Waals surface area (Å²) in [7, 11) is 0. The minimum atomic E-state index is -1.39. The zero-order valence-corrected chi connectivity index (χ0v) is 21.1. The van der Waals surface area contributed by atoms with Crippen molar-refractivity contribution in [3.63, 3.8) is 0 Å². The van der Waals surface area contributed by atoms with Gasteiger partial charge in [0.05, 0.1) is 12.3 Å². The molecule has 1 amide bonds. The average molecular weight is 520 g/mol. The summed E-state index contributed by atoms with van der Waals surface area (Å²) in [6, 6.07) is 26.2. The molecule has 0 radical (unpaired) electrons. The number of thioether (sulfide) groups is 1. The molecule has 0 aromatic heterocycles. The second-order valence-electron chi connectivity index (χ2n) is 7.88. The third kappa shape index (κ3) is 4.00. The number of benzene rings is 3. The minimum Gasteiger partial charge on any atom is -0.461 e. The predicted molar refractivity (Wildman–Crippen MR) is 143 cm³/mol. The van der Waals surface area contributed by atoms with Crippen molar-refractivity contribution in [2.45, 2.75) is 19.0 Å². The Morgan fingerprint density at radius 2 is 1.56 bits per heavy atom. The van der Waals surface area contributed by atoms with Crippen LogP contribution in [0.15, 0.2) is 95.1 Å². The number of anilines is 2. The van der Waals surface area contributed by atoms with Gasteiger partial charge in [0, 0.05) is 23.2 Å². The SMILES string of the molecule is CCOC(=O)C1=NN(c2ccc(Cl)cc2)[C@]2(S1)N(C(C)=O)N=C(c1ccccc1)N2c1ccccc1. The molecule has 0 saturated carbocycles. The largest absolute Gasteiger partial charge is 0.461 e. The summed E-state index contributed by atoms with van der Waals surface area (Å²) in [5.74, 6) is -0.375. The van der Waals surface area contributed by atoms with E-state index < -0.39 is 11.1 Å². The zero-order chi connectivity index (χ0) is 25.3. The third-order valence-electron chi connectivity index (χ3n) is 5.54. The first-order chi connectivity index (χ1) is 17.5. The summed E-state index contributed by atoms with van der Waals surface area (Å²) in [5, 5.41) is 11.7. The molecule has 36 heavy (non-hydrogen) atoms. The maximum Gasteiger partial charge on any atom is 0.365 e. The Morgan fingerprint density at radius 1 is 0.917 bits per heavy atom. The van der Waals surface area contributed by atoms with Gasteiger partial charge in [-0.2, -0.15) is 10.1 Å². The fourth-order valence-corrected chi connectivity index (χ4v) is 5.48. The van der Waals surface area contributed by atoms with Gasteiger partial charge in [-0.05, 0) is 55.1 Å². The van der Waals surface area contributed by atoms with E-state index in [2.05, 4.69) is 5.10 Å². The van der Waals surface area contributed by atoms with E-state index >= 15 is 0 Å². The third-order valence-corrected chi connectivity index (χ3v) is 7.04. The Morgan fingerprint density at radius 3 is 2.17 bits per heavy atom. The second-order valence-corrected chi connectivity index (χ2v) is 9.46. The van der Waals surface area contributed by atoms with Crippen LogP contribution in [0.25, 0.3) is 0 Å². The summed E-state index contributed by atoms with van der Waals surface area (Å²) in [4.78, 5) is 28.0. The van der Waals surface area contributed by atoms with E-state index in [4.69, 9.17) is 21.4 Å². The number of hydrazone groups is 2. The molecular weight excluding hydrogens is 498 g/mol. The first kappa shape index (κ1) is 23.9. The number of nitrogens with zero attached hydrogens (tertiary/aromatic N) is 5. The van der Waals surface area contributed by atoms with E-state index in [1.807, 2.05) is 65.6 Å². The molecule has 8 nitrogen and oxygen atoms in total. The molecule has 2 aliphatic rings. The van der Waals surface area contributed by atoms with Crippen LogP contribution >= 0.6 is 23.4 Å². The second kappa shape index (κ2) is 9.67. The summed E-state index contributed by atoms with van der Waals surface area (Å²) in [5.41, 5.74) is 2.17. The number of carbonyl (C=O) groups is 2. The molecule has 3 aromatic rings. The highest BCUT2D eigenvalue weighted by Gasteiger charge is 2.62. The number of rotatable bonds is 5. The highest BCUT2D eigenvalue weighted by molar-refractivity contribution is 8.17. The number of amidine groups is 1. The highest BCUT2D eigenvalue weighted by Crippen LogP contribution is 2.51. The molecule has 1 atom stereocenters. The van der Waals surface area contributed by atoms with E-state index in [9.17, 15) is 9.59 Å². The summed E-state index contributed by atoms with van der Waals surface area (Å²) in [6.45, 7) is 3.36. The van der Waals surface area contributed by atoms with Crippen LogP contribution in [0.4, 0.5) is 11.4 Å². The fraction of sp³-hybridized carbons (Fsp3) is 0.154. The summed E-state index contributed by atoms with van der Waals surface area (Å²) >= 11 is 7.26. The molecule has 0 aliphatic carbocycles. The number of ether oxygens (including phenoxy) is 1. The summed E-state index contributed by atoms with van der Waals surface area (Å²) in [6.07, 6.45) is 0. The van der Waals surface area contributed by atoms with Crippen LogP contribution in [0.5, 0.6) is 0 Å². The van der Waals surface area contributed by atoms with Gasteiger partial charge in [0.25, 0.3) is 5.12 Å². The molecule has 0 fully saturated rings. The van der Waals surface area contributed by atoms with E-state index in [-0.39, 0.29) is 17.6 Å². The van der Waals surface area contributed by atoms with Crippen LogP contribution < -0.4 is 9.91 Å². The van der Waals surface area contributed by atoms with Crippen molar-refractivity contribution in [3.8, 4) is 0 Å². The quantitative estimate of drug-likeness (QED) is 0.436. The first-order valence-corrected chi connectivity index (χ1v) is 12.5. The molecule has 182 valence electrons. The van der Waals surface area contributed by atoms with Gasteiger partial charge in [-0.1, -0.05) is 60.1 Å². The van der Waals surface area contributed by atoms with Gasteiger partial charge in [0.2, 0.25) is 11.0 Å². The highest BCUT2D eigenvalue weighted by atomic mass is 35.5. The normalized spacial score (nSPS) is 18.9. The molecule has 2 aliphatic heterocycles. The van der Waals surface area contributed by atoms with Gasteiger partial charge in [0.15, 0.2) is 5.84 Å². The van der Waals surface area contributed by atoms with Gasteiger partial charge in [-0.3, -0.25) is 9.69 Å². The molecule has 0 unspecified atom stereocenters. The molecular formula is C26H22ClN5O3S. The number of para-hydroxylation sites is 1. The van der Waals surface area contributed by atoms with Crippen LogP contribution in [0.3, 0.4) is 0 Å². The standard InChI is InChI=1S/C26H22ClN5O3S/c1-3-35-25(34)24-29-32(22-16-14-20(27)15-17-22)26(36-24)30(21-12-8-5-9-13-21)23(28-31(26)18(2)33)19-10-6-4-7-11-19/h4-17H,3H2,1-2H3/t26-/m1/s1. The lowest BCUT2D eigenvalue weighted by molar-refractivity contribution is -0.134. The van der Waals surface area contributed by atoms with Gasteiger partial charge in [0.1, 0.15) is 0 Å². The lowest BCUT2D eigenvalue weighted by atomic mass is 10.1. The van der Waals surface area contributed by atoms with Gasteiger partial charge >= 0.3 is 5.97 Å². The number of hydrogen-bond acceptors (Lipinski definition) is 8. The summed E-state index contributed by atoms with van der Waals surface area (Å²) < 4.78 is 5.28. The predicted octanol–water partition coefficient (Wildman–Crippen LogP) is 5.11. The van der Waals surface area contributed by atoms with Crippen LogP contribution in [0.2, 0.25) is 5.02 Å². The van der Waals surface area contributed by atoms with E-state index in [1.165, 1.54) is 11.9 Å². The molecule has 1 spiro atoms. The van der Waals surface area contributed by atoms with Gasteiger partial charge in [-0.15, -0.1) is 5.10 Å². The number of hydrogen-bond donors (Lipinski definition) is 0. The molecule has 0 N–H and O–H groups in total. The minimum absolute atomic E-state index is 0.100. The van der Waals surface area contributed by atoms with E-state index in [0.29, 0.717) is 16.5 Å². The first-order valence-electron chi connectivity index (χ1n) is 11.3. The maximum absolute atomic E-state index is 13.2. The Balaban J connectivity index is 1.76. The van der Waals surface area contributed by atoms with Crippen molar-refractivity contribution < 1.29 is 14.3 Å². The van der Waals surface area contributed by atoms with Crippen molar-refractivity contribution >= 4 is 57.5 Å². The van der Waals surface area contributed by atoms with Crippen molar-refractivity contribution in [3.05, 3.63) is 95.5 Å². The zero-order valence-electron chi connectivity index (χ0n) is 19.5. The Labute approximate surface area is 217 Å². The fourth-order valence-electron chi connectivity index (χ4n) is 4.06. The molecule has 0 bridgehead atoms. The number of amides is 1. The van der Waals surface area contributed by atoms with Crippen molar-refractivity contribution in [1.29, 1.82) is 0 Å². The molecule has 10 heteroatoms. The Bertz CT molecular complexity index is 1350. The smallest absolute Gasteiger partial charge is 0.365 e. The molecule has 5 rings (SSSR count). The molecule has 2 heterocycles. The molecule has 3 aromatic carbocycles.